The van der Waals surface area contributed by atoms with E-state index >= 15 is 0 Å². The highest BCUT2D eigenvalue weighted by Gasteiger charge is 2.16. The zero-order chi connectivity index (χ0) is 17.9. The number of hydrogen-bond acceptors (Lipinski definition) is 6. The highest BCUT2D eigenvalue weighted by atomic mass is 16.3. The molecule has 0 unspecified atom stereocenters. The van der Waals surface area contributed by atoms with Crippen molar-refractivity contribution in [1.82, 2.24) is 5.32 Å². The van der Waals surface area contributed by atoms with Crippen LogP contribution in [0.2, 0.25) is 0 Å². The molecule has 0 heterocycles. The van der Waals surface area contributed by atoms with Crippen LogP contribution in [0.1, 0.15) is 56.8 Å². The molecule has 0 aromatic heterocycles. The second-order valence-electron chi connectivity index (χ2n) is 5.41. The number of benzene rings is 1. The molecule has 24 heavy (non-hydrogen) atoms. The number of aliphatic hydroxyl groups is 1. The Labute approximate surface area is 141 Å². The van der Waals surface area contributed by atoms with Crippen molar-refractivity contribution in [2.75, 3.05) is 26.2 Å². The largest absolute Gasteiger partial charge is 0.395 e. The van der Waals surface area contributed by atoms with Gasteiger partial charge in [0.05, 0.1) is 6.61 Å². The number of carbonyl (C=O) groups is 3. The molecule has 0 radical (unpaired) electrons. The number of nitrogens with two attached hydrogens (primary N) is 2. The van der Waals surface area contributed by atoms with Gasteiger partial charge in [-0.25, -0.2) is 0 Å². The van der Waals surface area contributed by atoms with Crippen molar-refractivity contribution in [2.45, 2.75) is 25.7 Å². The first-order valence-corrected chi connectivity index (χ1v) is 8.04. The summed E-state index contributed by atoms with van der Waals surface area (Å²) in [6, 6.07) is 4.44. The van der Waals surface area contributed by atoms with Crippen LogP contribution in [0.15, 0.2) is 18.2 Å². The first kappa shape index (κ1) is 20.0. The minimum Gasteiger partial charge on any atom is -0.395 e. The van der Waals surface area contributed by atoms with E-state index in [0.717, 1.165) is 0 Å². The number of Topliss-reactive ketones (excluding diaryl/α,β-unsaturated/α-hetero) is 2. The van der Waals surface area contributed by atoms with E-state index in [1.165, 1.54) is 18.2 Å². The van der Waals surface area contributed by atoms with Gasteiger partial charge in [-0.1, -0.05) is 0 Å². The minimum atomic E-state index is -0.439. The molecular weight excluding hydrogens is 310 g/mol. The summed E-state index contributed by atoms with van der Waals surface area (Å²) in [5, 5.41) is 11.3. The molecule has 0 aliphatic heterocycles. The Morgan fingerprint density at radius 2 is 1.33 bits per heavy atom. The average molecular weight is 335 g/mol. The van der Waals surface area contributed by atoms with Gasteiger partial charge in [-0.05, 0) is 44.1 Å². The second kappa shape index (κ2) is 10.6. The van der Waals surface area contributed by atoms with Crippen LogP contribution >= 0.6 is 0 Å². The maximum absolute atomic E-state index is 12.2. The Balaban J connectivity index is 3.11. The van der Waals surface area contributed by atoms with Crippen molar-refractivity contribution in [2.24, 2.45) is 11.5 Å². The smallest absolute Gasteiger partial charge is 0.251 e. The van der Waals surface area contributed by atoms with Crippen LogP contribution in [0.4, 0.5) is 0 Å². The summed E-state index contributed by atoms with van der Waals surface area (Å²) < 4.78 is 0. The van der Waals surface area contributed by atoms with Crippen molar-refractivity contribution in [3.05, 3.63) is 34.9 Å². The highest BCUT2D eigenvalue weighted by molar-refractivity contribution is 6.05. The van der Waals surface area contributed by atoms with Crippen molar-refractivity contribution in [3.63, 3.8) is 0 Å². The van der Waals surface area contributed by atoms with Crippen LogP contribution in [-0.2, 0) is 0 Å². The van der Waals surface area contributed by atoms with E-state index in [1.807, 2.05) is 0 Å². The van der Waals surface area contributed by atoms with Crippen LogP contribution in [0.3, 0.4) is 0 Å². The molecule has 0 aliphatic rings. The number of nitrogens with one attached hydrogen (secondary N) is 1. The Bertz CT molecular complexity index is 494. The molecule has 1 aromatic rings. The van der Waals surface area contributed by atoms with Crippen molar-refractivity contribution < 1.29 is 19.5 Å². The van der Waals surface area contributed by atoms with E-state index in [1.54, 1.807) is 0 Å². The molecule has 6 N–H and O–H groups in total. The van der Waals surface area contributed by atoms with Crippen LogP contribution in [0.25, 0.3) is 0 Å². The van der Waals surface area contributed by atoms with Gasteiger partial charge in [0.15, 0.2) is 11.6 Å². The van der Waals surface area contributed by atoms with Gasteiger partial charge in [0, 0.05) is 36.1 Å². The molecule has 0 saturated heterocycles. The average Bonchev–Trinajstić information content (AvgIpc) is 2.61. The third kappa shape index (κ3) is 6.19. The topological polar surface area (TPSA) is 136 Å². The lowest BCUT2D eigenvalue weighted by molar-refractivity contribution is 0.0944. The van der Waals surface area contributed by atoms with E-state index in [9.17, 15) is 14.4 Å². The highest BCUT2D eigenvalue weighted by Crippen LogP contribution is 2.16. The van der Waals surface area contributed by atoms with E-state index in [4.69, 9.17) is 16.6 Å². The number of ketones is 2. The molecule has 1 rings (SSSR count). The molecule has 7 nitrogen and oxygen atoms in total. The lowest BCUT2D eigenvalue weighted by Gasteiger charge is -2.09. The number of carbonyl (C=O) groups excluding carboxylic acids is 3. The molecule has 0 spiro atoms. The molecule has 7 heteroatoms. The fourth-order valence-corrected chi connectivity index (χ4v) is 2.17. The van der Waals surface area contributed by atoms with Gasteiger partial charge in [0.2, 0.25) is 0 Å². The first-order chi connectivity index (χ1) is 11.5. The summed E-state index contributed by atoms with van der Waals surface area (Å²) in [4.78, 5) is 36.5. The Hall–Kier alpha value is -2.09. The molecule has 132 valence electrons. The normalized spacial score (nSPS) is 10.5. The zero-order valence-electron chi connectivity index (χ0n) is 13.7. The molecule has 0 aliphatic carbocycles. The predicted molar refractivity (Wildman–Crippen MR) is 91.1 cm³/mol. The molecule has 0 atom stereocenters. The summed E-state index contributed by atoms with van der Waals surface area (Å²) in [6.45, 7) is 0.694. The SMILES string of the molecule is NCCCC(=O)c1cc(C(=O)CCCN)cc(C(=O)NCCO)c1. The monoisotopic (exact) mass is 335 g/mol. The van der Waals surface area contributed by atoms with Crippen LogP contribution in [0.5, 0.6) is 0 Å². The molecule has 1 aromatic carbocycles. The van der Waals surface area contributed by atoms with Crippen molar-refractivity contribution in [1.29, 1.82) is 0 Å². The molecular formula is C17H25N3O4. The lowest BCUT2D eigenvalue weighted by atomic mass is 9.96. The predicted octanol–water partition coefficient (Wildman–Crippen LogP) is 0.252. The Morgan fingerprint density at radius 1 is 0.875 bits per heavy atom. The quantitative estimate of drug-likeness (QED) is 0.428. The lowest BCUT2D eigenvalue weighted by Crippen LogP contribution is -2.27. The third-order valence-corrected chi connectivity index (χ3v) is 3.45. The summed E-state index contributed by atoms with van der Waals surface area (Å²) >= 11 is 0. The van der Waals surface area contributed by atoms with Gasteiger partial charge in [0.1, 0.15) is 0 Å². The van der Waals surface area contributed by atoms with Gasteiger partial charge < -0.3 is 21.9 Å². The van der Waals surface area contributed by atoms with Gasteiger partial charge in [0.25, 0.3) is 5.91 Å². The summed E-state index contributed by atoms with van der Waals surface area (Å²) in [5.74, 6) is -0.763. The van der Waals surface area contributed by atoms with E-state index in [2.05, 4.69) is 5.32 Å². The van der Waals surface area contributed by atoms with Gasteiger partial charge in [-0.2, -0.15) is 0 Å². The van der Waals surface area contributed by atoms with Gasteiger partial charge in [-0.3, -0.25) is 14.4 Å². The first-order valence-electron chi connectivity index (χ1n) is 8.04. The molecule has 0 bridgehead atoms. The summed E-state index contributed by atoms with van der Waals surface area (Å²) in [7, 11) is 0. The number of rotatable bonds is 11. The minimum absolute atomic E-state index is 0.0979. The van der Waals surface area contributed by atoms with E-state index in [0.29, 0.717) is 37.1 Å². The number of aliphatic hydroxyl groups excluding tert-OH is 1. The van der Waals surface area contributed by atoms with E-state index in [-0.39, 0.29) is 43.1 Å². The number of hydrogen-bond donors (Lipinski definition) is 4. The zero-order valence-corrected chi connectivity index (χ0v) is 13.7. The molecule has 1 amide bonds. The standard InChI is InChI=1S/C17H25N3O4/c18-5-1-3-15(22)12-9-13(16(23)4-2-6-19)11-14(10-12)17(24)20-7-8-21/h9-11,21H,1-8,18-19H2,(H,20,24). The molecule has 0 saturated carbocycles. The maximum Gasteiger partial charge on any atom is 0.251 e. The fourth-order valence-electron chi connectivity index (χ4n) is 2.17. The Kier molecular flexibility index (Phi) is 8.85. The summed E-state index contributed by atoms with van der Waals surface area (Å²) in [5.41, 5.74) is 11.7. The van der Waals surface area contributed by atoms with Crippen molar-refractivity contribution >= 4 is 17.5 Å². The van der Waals surface area contributed by atoms with Crippen molar-refractivity contribution in [3.8, 4) is 0 Å². The summed E-state index contributed by atoms with van der Waals surface area (Å²) in [6.07, 6.45) is 1.59. The maximum atomic E-state index is 12.2. The van der Waals surface area contributed by atoms with Gasteiger partial charge in [-0.15, -0.1) is 0 Å². The van der Waals surface area contributed by atoms with Crippen LogP contribution in [-0.4, -0.2) is 48.8 Å². The third-order valence-electron chi connectivity index (χ3n) is 3.45. The van der Waals surface area contributed by atoms with Crippen LogP contribution in [0, 0.1) is 0 Å². The van der Waals surface area contributed by atoms with Crippen LogP contribution < -0.4 is 16.8 Å². The fraction of sp³-hybridized carbons (Fsp3) is 0.471. The van der Waals surface area contributed by atoms with Gasteiger partial charge >= 0.3 is 0 Å². The number of amides is 1. The van der Waals surface area contributed by atoms with E-state index < -0.39 is 5.91 Å². The molecule has 0 fully saturated rings. The Morgan fingerprint density at radius 3 is 1.75 bits per heavy atom. The second-order valence-corrected chi connectivity index (χ2v) is 5.41.